The van der Waals surface area contributed by atoms with Gasteiger partial charge in [0.2, 0.25) is 0 Å². The van der Waals surface area contributed by atoms with Crippen molar-refractivity contribution in [1.82, 2.24) is 0 Å². The highest BCUT2D eigenvalue weighted by atomic mass is 28.4. The van der Waals surface area contributed by atoms with Crippen molar-refractivity contribution in [3.8, 4) is 5.75 Å². The molecule has 0 aromatic heterocycles. The van der Waals surface area contributed by atoms with Crippen LogP contribution in [0, 0.1) is 13.8 Å². The quantitative estimate of drug-likeness (QED) is 0.494. The maximum Gasteiger partial charge on any atom is 0.398 e. The highest BCUT2D eigenvalue weighted by molar-refractivity contribution is 6.68. The number of hydrogen-bond acceptors (Lipinski definition) is 2. The zero-order valence-corrected chi connectivity index (χ0v) is 14.1. The van der Waals surface area contributed by atoms with Gasteiger partial charge in [0, 0.05) is 6.61 Å². The third-order valence-corrected chi connectivity index (χ3v) is 6.93. The molecule has 0 atom stereocenters. The van der Waals surface area contributed by atoms with E-state index in [4.69, 9.17) is 8.85 Å². The van der Waals surface area contributed by atoms with E-state index < -0.39 is 8.56 Å². The van der Waals surface area contributed by atoms with Crippen LogP contribution in [0.3, 0.4) is 0 Å². The summed E-state index contributed by atoms with van der Waals surface area (Å²) < 4.78 is 12.5. The highest BCUT2D eigenvalue weighted by Crippen LogP contribution is 2.25. The molecule has 0 saturated heterocycles. The molecule has 1 rings (SSSR count). The summed E-state index contributed by atoms with van der Waals surface area (Å²) in [4.78, 5) is 0. The van der Waals surface area contributed by atoms with Crippen LogP contribution in [0.1, 0.15) is 44.7 Å². The van der Waals surface area contributed by atoms with Gasteiger partial charge in [-0.1, -0.05) is 33.3 Å². The summed E-state index contributed by atoms with van der Waals surface area (Å²) in [6.45, 7) is 11.6. The molecule has 0 heterocycles. The minimum atomic E-state index is -2.07. The molecule has 0 aliphatic carbocycles. The fourth-order valence-electron chi connectivity index (χ4n) is 2.24. The van der Waals surface area contributed by atoms with Crippen molar-refractivity contribution in [1.29, 1.82) is 0 Å². The first-order valence-corrected chi connectivity index (χ1v) is 9.69. The first kappa shape index (κ1) is 16.3. The first-order valence-electron chi connectivity index (χ1n) is 7.46. The van der Waals surface area contributed by atoms with E-state index in [2.05, 4.69) is 52.8 Å². The summed E-state index contributed by atoms with van der Waals surface area (Å²) in [5.41, 5.74) is 2.50. The molecule has 1 aromatic rings. The van der Waals surface area contributed by atoms with Gasteiger partial charge in [-0.15, -0.1) is 0 Å². The highest BCUT2D eigenvalue weighted by Gasteiger charge is 2.35. The molecule has 0 fully saturated rings. The normalized spacial score (nSPS) is 11.6. The summed E-state index contributed by atoms with van der Waals surface area (Å²) in [7, 11) is -2.07. The van der Waals surface area contributed by atoms with Gasteiger partial charge in [-0.3, -0.25) is 0 Å². The lowest BCUT2D eigenvalue weighted by Crippen LogP contribution is -2.44. The Morgan fingerprint density at radius 3 is 2.00 bits per heavy atom. The molecule has 0 bridgehead atoms. The van der Waals surface area contributed by atoms with Gasteiger partial charge in [-0.2, -0.15) is 0 Å². The second kappa shape index (κ2) is 7.71. The summed E-state index contributed by atoms with van der Waals surface area (Å²) in [6.07, 6.45) is 2.28. The lowest BCUT2D eigenvalue weighted by atomic mass is 10.1. The largest absolute Gasteiger partial charge is 0.520 e. The van der Waals surface area contributed by atoms with Gasteiger partial charge in [0.15, 0.2) is 0 Å². The van der Waals surface area contributed by atoms with E-state index in [0.29, 0.717) is 0 Å². The van der Waals surface area contributed by atoms with Crippen LogP contribution in [0.25, 0.3) is 0 Å². The Balaban J connectivity index is 2.81. The van der Waals surface area contributed by atoms with Crippen LogP contribution in [-0.4, -0.2) is 15.2 Å². The third kappa shape index (κ3) is 5.00. The molecule has 108 valence electrons. The maximum absolute atomic E-state index is 6.33. The Bertz CT molecular complexity index is 366. The summed E-state index contributed by atoms with van der Waals surface area (Å²) >= 11 is 0. The topological polar surface area (TPSA) is 18.5 Å². The second-order valence-corrected chi connectivity index (χ2v) is 8.97. The molecule has 0 unspecified atom stereocenters. The zero-order chi connectivity index (χ0) is 14.3. The third-order valence-electron chi connectivity index (χ3n) is 3.44. The number of benzene rings is 1. The second-order valence-electron chi connectivity index (χ2n) is 5.25. The fraction of sp³-hybridized carbons (Fsp3) is 0.625. The molecule has 0 radical (unpaired) electrons. The van der Waals surface area contributed by atoms with E-state index in [-0.39, 0.29) is 0 Å². The molecular formula is C16H28O2Si. The van der Waals surface area contributed by atoms with E-state index in [1.165, 1.54) is 17.5 Å². The van der Waals surface area contributed by atoms with Crippen LogP contribution in [0.4, 0.5) is 0 Å². The predicted molar refractivity (Wildman–Crippen MR) is 84.1 cm³/mol. The Labute approximate surface area is 119 Å². The predicted octanol–water partition coefficient (Wildman–Crippen LogP) is 4.98. The Morgan fingerprint density at radius 2 is 1.53 bits per heavy atom. The molecule has 0 N–H and O–H groups in total. The summed E-state index contributed by atoms with van der Waals surface area (Å²) in [5, 5.41) is 0. The van der Waals surface area contributed by atoms with Gasteiger partial charge >= 0.3 is 8.56 Å². The summed E-state index contributed by atoms with van der Waals surface area (Å²) in [6, 6.07) is 8.40. The Morgan fingerprint density at radius 1 is 0.947 bits per heavy atom. The molecule has 3 heteroatoms. The lowest BCUT2D eigenvalue weighted by molar-refractivity contribution is 0.233. The van der Waals surface area contributed by atoms with Crippen LogP contribution in [0.2, 0.25) is 12.1 Å². The van der Waals surface area contributed by atoms with Gasteiger partial charge in [0.25, 0.3) is 0 Å². The minimum Gasteiger partial charge on any atom is -0.520 e. The van der Waals surface area contributed by atoms with Crippen molar-refractivity contribution in [3.63, 3.8) is 0 Å². The molecule has 19 heavy (non-hydrogen) atoms. The van der Waals surface area contributed by atoms with Crippen molar-refractivity contribution in [2.45, 2.75) is 59.5 Å². The van der Waals surface area contributed by atoms with E-state index in [0.717, 1.165) is 30.9 Å². The van der Waals surface area contributed by atoms with Crippen molar-refractivity contribution in [2.75, 3.05) is 6.61 Å². The monoisotopic (exact) mass is 280 g/mol. The van der Waals surface area contributed by atoms with Gasteiger partial charge in [0.05, 0.1) is 0 Å². The number of rotatable bonds is 8. The van der Waals surface area contributed by atoms with Crippen LogP contribution < -0.4 is 4.43 Å². The van der Waals surface area contributed by atoms with Crippen molar-refractivity contribution in [3.05, 3.63) is 29.3 Å². The first-order chi connectivity index (χ1) is 9.05. The standard InChI is InChI=1S/C16H28O2Si/c1-6-9-10-17-19(7-2,8-3)18-16-12-14(4)11-15(5)13-16/h11-13H,6-10H2,1-5H3. The van der Waals surface area contributed by atoms with E-state index in [1.807, 2.05) is 0 Å². The SMILES string of the molecule is CCCCO[Si](CC)(CC)Oc1cc(C)cc(C)c1. The van der Waals surface area contributed by atoms with Gasteiger partial charge in [-0.25, -0.2) is 0 Å². The molecule has 0 aliphatic heterocycles. The molecule has 2 nitrogen and oxygen atoms in total. The lowest BCUT2D eigenvalue weighted by Gasteiger charge is -2.29. The summed E-state index contributed by atoms with van der Waals surface area (Å²) in [5.74, 6) is 0.976. The fourth-order valence-corrected chi connectivity index (χ4v) is 4.56. The van der Waals surface area contributed by atoms with Crippen LogP contribution in [-0.2, 0) is 4.43 Å². The van der Waals surface area contributed by atoms with Crippen molar-refractivity contribution >= 4 is 8.56 Å². The molecule has 0 amide bonds. The zero-order valence-electron chi connectivity index (χ0n) is 13.1. The Kier molecular flexibility index (Phi) is 6.59. The number of unbranched alkanes of at least 4 members (excludes halogenated alkanes) is 1. The minimum absolute atomic E-state index is 0.829. The van der Waals surface area contributed by atoms with Gasteiger partial charge in [-0.05, 0) is 55.6 Å². The van der Waals surface area contributed by atoms with E-state index >= 15 is 0 Å². The van der Waals surface area contributed by atoms with Gasteiger partial charge in [0.1, 0.15) is 5.75 Å². The van der Waals surface area contributed by atoms with E-state index in [9.17, 15) is 0 Å². The van der Waals surface area contributed by atoms with Crippen LogP contribution in [0.5, 0.6) is 5.75 Å². The average molecular weight is 280 g/mol. The average Bonchev–Trinajstić information content (AvgIpc) is 2.36. The van der Waals surface area contributed by atoms with Crippen molar-refractivity contribution < 1.29 is 8.85 Å². The Hall–Kier alpha value is -0.803. The number of aryl methyl sites for hydroxylation is 2. The molecule has 0 aliphatic rings. The van der Waals surface area contributed by atoms with Crippen LogP contribution >= 0.6 is 0 Å². The molecule has 1 aromatic carbocycles. The maximum atomic E-state index is 6.33. The van der Waals surface area contributed by atoms with Crippen LogP contribution in [0.15, 0.2) is 18.2 Å². The van der Waals surface area contributed by atoms with Gasteiger partial charge < -0.3 is 8.85 Å². The number of hydrogen-bond donors (Lipinski definition) is 0. The molecule has 0 spiro atoms. The van der Waals surface area contributed by atoms with E-state index in [1.54, 1.807) is 0 Å². The smallest absolute Gasteiger partial charge is 0.398 e. The van der Waals surface area contributed by atoms with Crippen molar-refractivity contribution in [2.24, 2.45) is 0 Å². The molecular weight excluding hydrogens is 252 g/mol. The molecule has 0 saturated carbocycles.